The van der Waals surface area contributed by atoms with Crippen LogP contribution in [-0.2, 0) is 16.4 Å². The SMILES string of the molecule is CCS(=O)(=O)c1ccc(NCc2cc(C)cc(C)c2)cc1. The number of aryl methyl sites for hydroxylation is 2. The van der Waals surface area contributed by atoms with E-state index in [0.29, 0.717) is 4.90 Å². The summed E-state index contributed by atoms with van der Waals surface area (Å²) in [5.74, 6) is 0.127. The molecule has 4 heteroatoms. The zero-order chi connectivity index (χ0) is 15.5. The highest BCUT2D eigenvalue weighted by Gasteiger charge is 2.10. The minimum Gasteiger partial charge on any atom is -0.381 e. The van der Waals surface area contributed by atoms with Gasteiger partial charge in [-0.2, -0.15) is 0 Å². The Morgan fingerprint density at radius 3 is 2.05 bits per heavy atom. The van der Waals surface area contributed by atoms with E-state index in [0.717, 1.165) is 12.2 Å². The van der Waals surface area contributed by atoms with Crippen LogP contribution >= 0.6 is 0 Å². The number of nitrogens with one attached hydrogen (secondary N) is 1. The number of anilines is 1. The van der Waals surface area contributed by atoms with Crippen LogP contribution < -0.4 is 5.32 Å². The molecule has 0 aromatic heterocycles. The van der Waals surface area contributed by atoms with Crippen LogP contribution in [0.4, 0.5) is 5.69 Å². The Morgan fingerprint density at radius 2 is 1.52 bits per heavy atom. The number of hydrogen-bond acceptors (Lipinski definition) is 3. The van der Waals surface area contributed by atoms with E-state index in [4.69, 9.17) is 0 Å². The van der Waals surface area contributed by atoms with Gasteiger partial charge in [-0.3, -0.25) is 0 Å². The molecule has 0 unspecified atom stereocenters. The summed E-state index contributed by atoms with van der Waals surface area (Å²) in [6.07, 6.45) is 0. The minimum atomic E-state index is -3.12. The Kier molecular flexibility index (Phi) is 4.68. The molecule has 0 radical (unpaired) electrons. The van der Waals surface area contributed by atoms with Crippen molar-refractivity contribution in [2.45, 2.75) is 32.2 Å². The molecule has 1 N–H and O–H groups in total. The van der Waals surface area contributed by atoms with E-state index in [1.54, 1.807) is 19.1 Å². The van der Waals surface area contributed by atoms with Crippen LogP contribution in [0.15, 0.2) is 47.4 Å². The Morgan fingerprint density at radius 1 is 0.952 bits per heavy atom. The second kappa shape index (κ2) is 6.31. The zero-order valence-electron chi connectivity index (χ0n) is 12.7. The fourth-order valence-corrected chi connectivity index (χ4v) is 3.21. The lowest BCUT2D eigenvalue weighted by molar-refractivity contribution is 0.597. The molecule has 0 aliphatic heterocycles. The molecule has 0 fully saturated rings. The van der Waals surface area contributed by atoms with Gasteiger partial charge in [-0.25, -0.2) is 8.42 Å². The number of benzene rings is 2. The quantitative estimate of drug-likeness (QED) is 0.916. The lowest BCUT2D eigenvalue weighted by Crippen LogP contribution is -2.04. The molecule has 0 amide bonds. The lowest BCUT2D eigenvalue weighted by atomic mass is 10.1. The van der Waals surface area contributed by atoms with Crippen LogP contribution in [0.25, 0.3) is 0 Å². The van der Waals surface area contributed by atoms with Crippen molar-refractivity contribution in [3.8, 4) is 0 Å². The largest absolute Gasteiger partial charge is 0.381 e. The summed E-state index contributed by atoms with van der Waals surface area (Å²) in [6, 6.07) is 13.4. The Bertz CT molecular complexity index is 699. The van der Waals surface area contributed by atoms with Crippen LogP contribution in [0.5, 0.6) is 0 Å². The van der Waals surface area contributed by atoms with Gasteiger partial charge < -0.3 is 5.32 Å². The van der Waals surface area contributed by atoms with Gasteiger partial charge in [0.15, 0.2) is 9.84 Å². The second-order valence-corrected chi connectivity index (χ2v) is 7.56. The molecule has 0 spiro atoms. The van der Waals surface area contributed by atoms with Crippen LogP contribution in [0.1, 0.15) is 23.6 Å². The van der Waals surface area contributed by atoms with E-state index in [2.05, 4.69) is 37.4 Å². The molecule has 0 saturated heterocycles. The fraction of sp³-hybridized carbons (Fsp3) is 0.294. The molecule has 2 aromatic carbocycles. The molecule has 0 saturated carbocycles. The van der Waals surface area contributed by atoms with E-state index in [-0.39, 0.29) is 5.75 Å². The molecule has 0 heterocycles. The third kappa shape index (κ3) is 4.08. The van der Waals surface area contributed by atoms with Gasteiger partial charge in [0, 0.05) is 12.2 Å². The molecule has 21 heavy (non-hydrogen) atoms. The maximum absolute atomic E-state index is 11.7. The summed E-state index contributed by atoms with van der Waals surface area (Å²) in [4.78, 5) is 0.377. The molecule has 2 aromatic rings. The first kappa shape index (κ1) is 15.6. The van der Waals surface area contributed by atoms with E-state index in [9.17, 15) is 8.42 Å². The van der Waals surface area contributed by atoms with Gasteiger partial charge in [-0.15, -0.1) is 0 Å². The number of sulfone groups is 1. The average Bonchev–Trinajstić information content (AvgIpc) is 2.44. The molecular formula is C17H21NO2S. The van der Waals surface area contributed by atoms with Gasteiger partial charge in [0.1, 0.15) is 0 Å². The first-order chi connectivity index (χ1) is 9.90. The van der Waals surface area contributed by atoms with Crippen molar-refractivity contribution in [3.05, 3.63) is 59.2 Å². The maximum atomic E-state index is 11.7. The van der Waals surface area contributed by atoms with Gasteiger partial charge in [-0.1, -0.05) is 36.2 Å². The van der Waals surface area contributed by atoms with Crippen molar-refractivity contribution in [1.29, 1.82) is 0 Å². The zero-order valence-corrected chi connectivity index (χ0v) is 13.5. The Hall–Kier alpha value is -1.81. The van der Waals surface area contributed by atoms with Crippen molar-refractivity contribution in [1.82, 2.24) is 0 Å². The summed E-state index contributed by atoms with van der Waals surface area (Å²) in [6.45, 7) is 6.55. The third-order valence-corrected chi connectivity index (χ3v) is 5.12. The predicted octanol–water partition coefficient (Wildman–Crippen LogP) is 3.71. The first-order valence-corrected chi connectivity index (χ1v) is 8.70. The van der Waals surface area contributed by atoms with Crippen molar-refractivity contribution in [3.63, 3.8) is 0 Å². The van der Waals surface area contributed by atoms with E-state index in [1.807, 2.05) is 12.1 Å². The van der Waals surface area contributed by atoms with E-state index < -0.39 is 9.84 Å². The van der Waals surface area contributed by atoms with Crippen LogP contribution in [0.3, 0.4) is 0 Å². The monoisotopic (exact) mass is 303 g/mol. The molecular weight excluding hydrogens is 282 g/mol. The second-order valence-electron chi connectivity index (χ2n) is 5.28. The molecule has 2 rings (SSSR count). The average molecular weight is 303 g/mol. The van der Waals surface area contributed by atoms with Crippen molar-refractivity contribution in [2.24, 2.45) is 0 Å². The van der Waals surface area contributed by atoms with Gasteiger partial charge in [-0.05, 0) is 43.7 Å². The van der Waals surface area contributed by atoms with Gasteiger partial charge in [0.25, 0.3) is 0 Å². The third-order valence-electron chi connectivity index (χ3n) is 3.37. The number of hydrogen-bond donors (Lipinski definition) is 1. The van der Waals surface area contributed by atoms with Crippen molar-refractivity contribution < 1.29 is 8.42 Å². The van der Waals surface area contributed by atoms with Gasteiger partial charge >= 0.3 is 0 Å². The lowest BCUT2D eigenvalue weighted by Gasteiger charge is -2.09. The van der Waals surface area contributed by atoms with Crippen molar-refractivity contribution in [2.75, 3.05) is 11.1 Å². The molecule has 0 aliphatic rings. The molecule has 0 bridgehead atoms. The topological polar surface area (TPSA) is 46.2 Å². The van der Waals surface area contributed by atoms with E-state index >= 15 is 0 Å². The summed E-state index contributed by atoms with van der Waals surface area (Å²) < 4.78 is 23.5. The normalized spacial score (nSPS) is 11.4. The van der Waals surface area contributed by atoms with Crippen LogP contribution in [0.2, 0.25) is 0 Å². The smallest absolute Gasteiger partial charge is 0.178 e. The van der Waals surface area contributed by atoms with Gasteiger partial charge in [0.2, 0.25) is 0 Å². The first-order valence-electron chi connectivity index (χ1n) is 7.04. The molecule has 0 atom stereocenters. The Labute approximate surface area is 126 Å². The molecule has 3 nitrogen and oxygen atoms in total. The van der Waals surface area contributed by atoms with Crippen LogP contribution in [0, 0.1) is 13.8 Å². The predicted molar refractivity (Wildman–Crippen MR) is 87.4 cm³/mol. The highest BCUT2D eigenvalue weighted by molar-refractivity contribution is 7.91. The Balaban J connectivity index is 2.07. The molecule has 112 valence electrons. The summed E-state index contributed by atoms with van der Waals surface area (Å²) in [7, 11) is -3.12. The fourth-order valence-electron chi connectivity index (χ4n) is 2.32. The standard InChI is InChI=1S/C17H21NO2S/c1-4-21(19,20)17-7-5-16(6-8-17)18-12-15-10-13(2)9-14(3)11-15/h5-11,18H,4,12H2,1-3H3. The highest BCUT2D eigenvalue weighted by atomic mass is 32.2. The summed E-state index contributed by atoms with van der Waals surface area (Å²) >= 11 is 0. The van der Waals surface area contributed by atoms with Gasteiger partial charge in [0.05, 0.1) is 10.6 Å². The number of rotatable bonds is 5. The maximum Gasteiger partial charge on any atom is 0.178 e. The van der Waals surface area contributed by atoms with Crippen LogP contribution in [-0.4, -0.2) is 14.2 Å². The highest BCUT2D eigenvalue weighted by Crippen LogP contribution is 2.17. The van der Waals surface area contributed by atoms with Crippen molar-refractivity contribution >= 4 is 15.5 Å². The summed E-state index contributed by atoms with van der Waals surface area (Å²) in [5, 5.41) is 3.32. The van der Waals surface area contributed by atoms with E-state index in [1.165, 1.54) is 16.7 Å². The summed E-state index contributed by atoms with van der Waals surface area (Å²) in [5.41, 5.74) is 4.63. The molecule has 0 aliphatic carbocycles. The minimum absolute atomic E-state index is 0.127.